The molecule has 2 nitrogen and oxygen atoms in total. The molecular weight excluding hydrogens is 198 g/mol. The number of aryl methyl sites for hydroxylation is 1. The molecule has 1 N–H and O–H groups in total. The molecule has 1 unspecified atom stereocenters. The van der Waals surface area contributed by atoms with E-state index < -0.39 is 0 Å². The quantitative estimate of drug-likeness (QED) is 0.785. The van der Waals surface area contributed by atoms with Gasteiger partial charge in [0.15, 0.2) is 5.78 Å². The highest BCUT2D eigenvalue weighted by molar-refractivity contribution is 5.96. The number of benzene rings is 1. The highest BCUT2D eigenvalue weighted by atomic mass is 16.1. The molecule has 2 heteroatoms. The van der Waals surface area contributed by atoms with Crippen molar-refractivity contribution in [1.29, 1.82) is 0 Å². The number of Topliss-reactive ketones (excluding diaryl/α,β-unsaturated/α-hetero) is 1. The summed E-state index contributed by atoms with van der Waals surface area (Å²) in [5.74, 6) is 0.835. The lowest BCUT2D eigenvalue weighted by Crippen LogP contribution is -2.13. The Labute approximate surface area is 97.1 Å². The molecule has 1 aliphatic rings. The summed E-state index contributed by atoms with van der Waals surface area (Å²) in [4.78, 5) is 12.0. The van der Waals surface area contributed by atoms with E-state index in [1.165, 1.54) is 5.56 Å². The predicted octanol–water partition coefficient (Wildman–Crippen LogP) is 2.43. The molecule has 0 aromatic heterocycles. The molecule has 1 heterocycles. The number of hydrogen-bond acceptors (Lipinski definition) is 2. The normalized spacial score (nSPS) is 19.9. The van der Waals surface area contributed by atoms with Crippen molar-refractivity contribution in [3.8, 4) is 0 Å². The number of nitrogens with one attached hydrogen (secondary N) is 1. The van der Waals surface area contributed by atoms with Crippen LogP contribution in [0.3, 0.4) is 0 Å². The summed E-state index contributed by atoms with van der Waals surface area (Å²) >= 11 is 0. The molecule has 0 amide bonds. The molecule has 0 aliphatic carbocycles. The Kier molecular flexibility index (Phi) is 3.73. The van der Waals surface area contributed by atoms with Gasteiger partial charge in [0.05, 0.1) is 0 Å². The van der Waals surface area contributed by atoms with E-state index in [4.69, 9.17) is 0 Å². The number of carbonyl (C=O) groups is 1. The summed E-state index contributed by atoms with van der Waals surface area (Å²) in [6.07, 6.45) is 2.82. The fraction of sp³-hybridized carbons (Fsp3) is 0.500. The molecule has 1 fully saturated rings. The average Bonchev–Trinajstić information content (AvgIpc) is 2.82. The molecule has 16 heavy (non-hydrogen) atoms. The largest absolute Gasteiger partial charge is 0.316 e. The number of rotatable bonds is 4. The first-order valence-electron chi connectivity index (χ1n) is 6.12. The van der Waals surface area contributed by atoms with Crippen molar-refractivity contribution in [3.63, 3.8) is 0 Å². The number of ketones is 1. The van der Waals surface area contributed by atoms with Crippen molar-refractivity contribution >= 4 is 5.78 Å². The highest BCUT2D eigenvalue weighted by Crippen LogP contribution is 2.16. The minimum absolute atomic E-state index is 0.295. The van der Waals surface area contributed by atoms with Crippen molar-refractivity contribution in [2.75, 3.05) is 13.1 Å². The van der Waals surface area contributed by atoms with Crippen LogP contribution in [0.1, 0.15) is 35.7 Å². The molecule has 86 valence electrons. The molecule has 1 saturated heterocycles. The van der Waals surface area contributed by atoms with Crippen molar-refractivity contribution in [2.24, 2.45) is 5.92 Å². The second kappa shape index (κ2) is 5.26. The Morgan fingerprint density at radius 3 is 3.06 bits per heavy atom. The summed E-state index contributed by atoms with van der Waals surface area (Å²) in [7, 11) is 0. The van der Waals surface area contributed by atoms with Crippen LogP contribution in [-0.2, 0) is 6.42 Å². The van der Waals surface area contributed by atoms with E-state index in [2.05, 4.69) is 18.3 Å². The second-order valence-corrected chi connectivity index (χ2v) is 4.54. The monoisotopic (exact) mass is 217 g/mol. The maximum absolute atomic E-state index is 12.0. The number of hydrogen-bond donors (Lipinski definition) is 1. The fourth-order valence-corrected chi connectivity index (χ4v) is 2.23. The zero-order chi connectivity index (χ0) is 11.4. The summed E-state index contributed by atoms with van der Waals surface area (Å²) < 4.78 is 0. The Hall–Kier alpha value is -1.15. The van der Waals surface area contributed by atoms with E-state index in [1.807, 2.05) is 18.2 Å². The van der Waals surface area contributed by atoms with Crippen molar-refractivity contribution in [1.82, 2.24) is 5.32 Å². The van der Waals surface area contributed by atoms with Gasteiger partial charge in [-0.05, 0) is 43.5 Å². The van der Waals surface area contributed by atoms with Crippen LogP contribution in [-0.4, -0.2) is 18.9 Å². The zero-order valence-electron chi connectivity index (χ0n) is 9.83. The van der Waals surface area contributed by atoms with Crippen molar-refractivity contribution in [3.05, 3.63) is 35.4 Å². The van der Waals surface area contributed by atoms with Gasteiger partial charge in [-0.15, -0.1) is 0 Å². The van der Waals surface area contributed by atoms with E-state index >= 15 is 0 Å². The van der Waals surface area contributed by atoms with E-state index in [9.17, 15) is 4.79 Å². The zero-order valence-corrected chi connectivity index (χ0v) is 9.83. The summed E-state index contributed by atoms with van der Waals surface area (Å²) in [5.41, 5.74) is 2.13. The van der Waals surface area contributed by atoms with Crippen LogP contribution in [0, 0.1) is 5.92 Å². The summed E-state index contributed by atoms with van der Waals surface area (Å²) in [6, 6.07) is 8.03. The first-order chi connectivity index (χ1) is 7.79. The third-order valence-corrected chi connectivity index (χ3v) is 3.29. The number of carbonyl (C=O) groups excluding carboxylic acids is 1. The minimum Gasteiger partial charge on any atom is -0.316 e. The SMILES string of the molecule is CCc1cccc(C(=O)CC2CCNC2)c1. The first-order valence-corrected chi connectivity index (χ1v) is 6.12. The van der Waals surface area contributed by atoms with Gasteiger partial charge in [0.2, 0.25) is 0 Å². The Morgan fingerprint density at radius 1 is 1.50 bits per heavy atom. The molecule has 2 rings (SSSR count). The Bertz CT molecular complexity index is 367. The molecule has 1 aromatic rings. The van der Waals surface area contributed by atoms with E-state index in [-0.39, 0.29) is 0 Å². The van der Waals surface area contributed by atoms with E-state index in [1.54, 1.807) is 0 Å². The van der Waals surface area contributed by atoms with Gasteiger partial charge < -0.3 is 5.32 Å². The van der Waals surface area contributed by atoms with Crippen LogP contribution in [0.4, 0.5) is 0 Å². The predicted molar refractivity (Wildman–Crippen MR) is 65.7 cm³/mol. The lowest BCUT2D eigenvalue weighted by Gasteiger charge is -2.07. The second-order valence-electron chi connectivity index (χ2n) is 4.54. The van der Waals surface area contributed by atoms with Crippen LogP contribution in [0.2, 0.25) is 0 Å². The molecule has 1 aliphatic heterocycles. The molecule has 0 bridgehead atoms. The van der Waals surface area contributed by atoms with Crippen molar-refractivity contribution in [2.45, 2.75) is 26.2 Å². The third kappa shape index (κ3) is 2.70. The van der Waals surface area contributed by atoms with Crippen LogP contribution >= 0.6 is 0 Å². The molecule has 0 spiro atoms. The molecule has 1 atom stereocenters. The molecule has 0 saturated carbocycles. The van der Waals surface area contributed by atoms with Crippen molar-refractivity contribution < 1.29 is 4.79 Å². The van der Waals surface area contributed by atoms with Crippen LogP contribution in [0.25, 0.3) is 0 Å². The van der Waals surface area contributed by atoms with Gasteiger partial charge in [-0.2, -0.15) is 0 Å². The smallest absolute Gasteiger partial charge is 0.163 e. The maximum Gasteiger partial charge on any atom is 0.163 e. The first kappa shape index (κ1) is 11.3. The average molecular weight is 217 g/mol. The van der Waals surface area contributed by atoms with Gasteiger partial charge in [0, 0.05) is 12.0 Å². The fourth-order valence-electron chi connectivity index (χ4n) is 2.23. The van der Waals surface area contributed by atoms with Gasteiger partial charge in [-0.1, -0.05) is 25.1 Å². The van der Waals surface area contributed by atoms with Gasteiger partial charge in [-0.3, -0.25) is 4.79 Å². The van der Waals surface area contributed by atoms with E-state index in [0.717, 1.165) is 31.5 Å². The van der Waals surface area contributed by atoms with Gasteiger partial charge in [0.25, 0.3) is 0 Å². The van der Waals surface area contributed by atoms with Gasteiger partial charge in [-0.25, -0.2) is 0 Å². The van der Waals surface area contributed by atoms with Crippen LogP contribution in [0.15, 0.2) is 24.3 Å². The summed E-state index contributed by atoms with van der Waals surface area (Å²) in [6.45, 7) is 4.18. The minimum atomic E-state index is 0.295. The Balaban J connectivity index is 2.01. The highest BCUT2D eigenvalue weighted by Gasteiger charge is 2.18. The lowest BCUT2D eigenvalue weighted by molar-refractivity contribution is 0.0964. The molecule has 0 radical (unpaired) electrons. The standard InChI is InChI=1S/C14H19NO/c1-2-11-4-3-5-13(8-11)14(16)9-12-6-7-15-10-12/h3-5,8,12,15H,2,6-7,9-10H2,1H3. The summed E-state index contributed by atoms with van der Waals surface area (Å²) in [5, 5.41) is 3.30. The molecule has 1 aromatic carbocycles. The third-order valence-electron chi connectivity index (χ3n) is 3.29. The topological polar surface area (TPSA) is 29.1 Å². The van der Waals surface area contributed by atoms with Crippen LogP contribution < -0.4 is 5.32 Å². The van der Waals surface area contributed by atoms with Gasteiger partial charge in [0.1, 0.15) is 0 Å². The molecular formula is C14H19NO. The Morgan fingerprint density at radius 2 is 2.38 bits per heavy atom. The maximum atomic E-state index is 12.0. The van der Waals surface area contributed by atoms with Crippen LogP contribution in [0.5, 0.6) is 0 Å². The lowest BCUT2D eigenvalue weighted by atomic mass is 9.96. The van der Waals surface area contributed by atoms with Gasteiger partial charge >= 0.3 is 0 Å². The van der Waals surface area contributed by atoms with E-state index in [0.29, 0.717) is 18.1 Å².